The van der Waals surface area contributed by atoms with Crippen LogP contribution in [0.15, 0.2) is 27.2 Å². The number of aryl methyl sites for hydroxylation is 2. The van der Waals surface area contributed by atoms with E-state index in [1.165, 1.54) is 0 Å². The van der Waals surface area contributed by atoms with Gasteiger partial charge in [0, 0.05) is 10.9 Å². The molecule has 0 saturated carbocycles. The van der Waals surface area contributed by atoms with Gasteiger partial charge in [-0.2, -0.15) is 4.98 Å². The van der Waals surface area contributed by atoms with Crippen molar-refractivity contribution >= 4 is 15.9 Å². The molecule has 0 bridgehead atoms. The van der Waals surface area contributed by atoms with E-state index in [1.54, 1.807) is 0 Å². The second kappa shape index (κ2) is 5.31. The molecule has 0 aliphatic carbocycles. The Labute approximate surface area is 108 Å². The lowest BCUT2D eigenvalue weighted by molar-refractivity contribution is 0.285. The Kier molecular flexibility index (Phi) is 3.78. The van der Waals surface area contributed by atoms with Crippen LogP contribution in [0.2, 0.25) is 0 Å². The molecule has 1 aromatic carbocycles. The van der Waals surface area contributed by atoms with Crippen LogP contribution < -0.4 is 4.74 Å². The molecule has 0 aliphatic heterocycles. The normalized spacial score (nSPS) is 10.5. The highest BCUT2D eigenvalue weighted by molar-refractivity contribution is 9.10. The van der Waals surface area contributed by atoms with Crippen LogP contribution in [0.4, 0.5) is 0 Å². The van der Waals surface area contributed by atoms with E-state index < -0.39 is 0 Å². The first kappa shape index (κ1) is 12.1. The van der Waals surface area contributed by atoms with Crippen molar-refractivity contribution in [2.24, 2.45) is 0 Å². The molecule has 0 N–H and O–H groups in total. The SMILES string of the molecule is CCc1nc(COc2ccc(Br)c(C)c2)no1. The Morgan fingerprint density at radius 3 is 2.88 bits per heavy atom. The summed E-state index contributed by atoms with van der Waals surface area (Å²) in [6.45, 7) is 4.31. The van der Waals surface area contributed by atoms with Crippen LogP contribution in [0, 0.1) is 6.92 Å². The van der Waals surface area contributed by atoms with Crippen molar-refractivity contribution in [2.45, 2.75) is 26.9 Å². The molecule has 0 atom stereocenters. The van der Waals surface area contributed by atoms with Crippen molar-refractivity contribution in [3.8, 4) is 5.75 Å². The zero-order valence-electron chi connectivity index (χ0n) is 9.74. The lowest BCUT2D eigenvalue weighted by atomic mass is 10.2. The van der Waals surface area contributed by atoms with E-state index in [1.807, 2.05) is 32.0 Å². The second-order valence-electron chi connectivity index (χ2n) is 3.66. The fourth-order valence-corrected chi connectivity index (χ4v) is 1.59. The topological polar surface area (TPSA) is 48.2 Å². The fraction of sp³-hybridized carbons (Fsp3) is 0.333. The number of rotatable bonds is 4. The number of ether oxygens (including phenoxy) is 1. The van der Waals surface area contributed by atoms with Crippen LogP contribution in [0.25, 0.3) is 0 Å². The zero-order chi connectivity index (χ0) is 12.3. The van der Waals surface area contributed by atoms with Crippen molar-refractivity contribution in [3.05, 3.63) is 40.0 Å². The average molecular weight is 297 g/mol. The van der Waals surface area contributed by atoms with Gasteiger partial charge in [0.15, 0.2) is 6.61 Å². The second-order valence-corrected chi connectivity index (χ2v) is 4.51. The zero-order valence-corrected chi connectivity index (χ0v) is 11.3. The van der Waals surface area contributed by atoms with Crippen molar-refractivity contribution < 1.29 is 9.26 Å². The van der Waals surface area contributed by atoms with Gasteiger partial charge in [0.05, 0.1) is 0 Å². The number of hydrogen-bond donors (Lipinski definition) is 0. The van der Waals surface area contributed by atoms with Gasteiger partial charge in [-0.25, -0.2) is 0 Å². The number of halogens is 1. The van der Waals surface area contributed by atoms with E-state index in [9.17, 15) is 0 Å². The van der Waals surface area contributed by atoms with Crippen LogP contribution in [-0.4, -0.2) is 10.1 Å². The molecule has 0 radical (unpaired) electrons. The minimum Gasteiger partial charge on any atom is -0.485 e. The molecule has 17 heavy (non-hydrogen) atoms. The van der Waals surface area contributed by atoms with Gasteiger partial charge in [-0.15, -0.1) is 0 Å². The molecule has 1 heterocycles. The van der Waals surface area contributed by atoms with Crippen LogP contribution in [0.3, 0.4) is 0 Å². The van der Waals surface area contributed by atoms with Gasteiger partial charge in [-0.05, 0) is 30.7 Å². The van der Waals surface area contributed by atoms with Crippen LogP contribution in [-0.2, 0) is 13.0 Å². The first-order chi connectivity index (χ1) is 8.19. The first-order valence-electron chi connectivity index (χ1n) is 5.39. The highest BCUT2D eigenvalue weighted by Gasteiger charge is 2.05. The Morgan fingerprint density at radius 1 is 1.41 bits per heavy atom. The maximum absolute atomic E-state index is 5.58. The van der Waals surface area contributed by atoms with Crippen molar-refractivity contribution in [1.82, 2.24) is 10.1 Å². The molecule has 2 aromatic rings. The summed E-state index contributed by atoms with van der Waals surface area (Å²) >= 11 is 3.44. The van der Waals surface area contributed by atoms with Crippen LogP contribution in [0.5, 0.6) is 5.75 Å². The molecule has 1 aromatic heterocycles. The number of aromatic nitrogens is 2. The van der Waals surface area contributed by atoms with Gasteiger partial charge in [0.25, 0.3) is 0 Å². The quantitative estimate of drug-likeness (QED) is 0.869. The van der Waals surface area contributed by atoms with E-state index in [-0.39, 0.29) is 0 Å². The standard InChI is InChI=1S/C12H13BrN2O2/c1-3-12-14-11(15-17-12)7-16-9-4-5-10(13)8(2)6-9/h4-6H,3,7H2,1-2H3. The molecular weight excluding hydrogens is 284 g/mol. The summed E-state index contributed by atoms with van der Waals surface area (Å²) < 4.78 is 11.6. The minimum absolute atomic E-state index is 0.324. The van der Waals surface area contributed by atoms with E-state index in [0.29, 0.717) is 18.3 Å². The summed E-state index contributed by atoms with van der Waals surface area (Å²) in [7, 11) is 0. The average Bonchev–Trinajstić information content (AvgIpc) is 2.79. The molecule has 0 fully saturated rings. The molecule has 5 heteroatoms. The number of hydrogen-bond acceptors (Lipinski definition) is 4. The number of benzene rings is 1. The maximum Gasteiger partial charge on any atom is 0.226 e. The third-order valence-electron chi connectivity index (χ3n) is 2.31. The van der Waals surface area contributed by atoms with Gasteiger partial charge >= 0.3 is 0 Å². The molecule has 0 aliphatic rings. The lowest BCUT2D eigenvalue weighted by Crippen LogP contribution is -1.98. The monoisotopic (exact) mass is 296 g/mol. The molecule has 4 nitrogen and oxygen atoms in total. The van der Waals surface area contributed by atoms with Crippen molar-refractivity contribution in [3.63, 3.8) is 0 Å². The Bertz CT molecular complexity index is 511. The molecule has 0 spiro atoms. The van der Waals surface area contributed by atoms with Gasteiger partial charge in [0.1, 0.15) is 5.75 Å². The maximum atomic E-state index is 5.58. The Hall–Kier alpha value is -1.36. The summed E-state index contributed by atoms with van der Waals surface area (Å²) in [5.74, 6) is 2.01. The van der Waals surface area contributed by atoms with Gasteiger partial charge in [0.2, 0.25) is 11.7 Å². The molecule has 0 amide bonds. The lowest BCUT2D eigenvalue weighted by Gasteiger charge is -2.05. The minimum atomic E-state index is 0.324. The third-order valence-corrected chi connectivity index (χ3v) is 3.20. The fourth-order valence-electron chi connectivity index (χ4n) is 1.35. The van der Waals surface area contributed by atoms with Crippen LogP contribution in [0.1, 0.15) is 24.2 Å². The third kappa shape index (κ3) is 3.06. The summed E-state index contributed by atoms with van der Waals surface area (Å²) in [6.07, 6.45) is 0.740. The largest absolute Gasteiger partial charge is 0.485 e. The van der Waals surface area contributed by atoms with E-state index >= 15 is 0 Å². The molecule has 0 saturated heterocycles. The Morgan fingerprint density at radius 2 is 2.24 bits per heavy atom. The summed E-state index contributed by atoms with van der Waals surface area (Å²) in [4.78, 5) is 4.17. The van der Waals surface area contributed by atoms with Gasteiger partial charge < -0.3 is 9.26 Å². The molecular formula is C12H13BrN2O2. The van der Waals surface area contributed by atoms with Crippen molar-refractivity contribution in [2.75, 3.05) is 0 Å². The number of nitrogens with zero attached hydrogens (tertiary/aromatic N) is 2. The van der Waals surface area contributed by atoms with Gasteiger partial charge in [-0.1, -0.05) is 28.0 Å². The van der Waals surface area contributed by atoms with Crippen LogP contribution >= 0.6 is 15.9 Å². The molecule has 2 rings (SSSR count). The summed E-state index contributed by atoms with van der Waals surface area (Å²) in [5.41, 5.74) is 1.13. The highest BCUT2D eigenvalue weighted by atomic mass is 79.9. The predicted octanol–water partition coefficient (Wildman–Crippen LogP) is 3.28. The predicted molar refractivity (Wildman–Crippen MR) is 66.9 cm³/mol. The van der Waals surface area contributed by atoms with Gasteiger partial charge in [-0.3, -0.25) is 0 Å². The van der Waals surface area contributed by atoms with E-state index in [2.05, 4.69) is 26.1 Å². The van der Waals surface area contributed by atoms with E-state index in [0.717, 1.165) is 22.2 Å². The first-order valence-corrected chi connectivity index (χ1v) is 6.18. The summed E-state index contributed by atoms with van der Waals surface area (Å²) in [6, 6.07) is 5.82. The Balaban J connectivity index is 1.99. The van der Waals surface area contributed by atoms with Crippen molar-refractivity contribution in [1.29, 1.82) is 0 Å². The molecule has 90 valence electrons. The summed E-state index contributed by atoms with van der Waals surface area (Å²) in [5, 5.41) is 3.82. The van der Waals surface area contributed by atoms with E-state index in [4.69, 9.17) is 9.26 Å². The molecule has 0 unspecified atom stereocenters. The highest BCUT2D eigenvalue weighted by Crippen LogP contribution is 2.22. The smallest absolute Gasteiger partial charge is 0.226 e.